The summed E-state index contributed by atoms with van der Waals surface area (Å²) in [6.07, 6.45) is 0. The molecule has 0 aliphatic rings. The second-order valence-electron chi connectivity index (χ2n) is 4.73. The molecule has 1 N–H and O–H groups in total. The molecule has 17 heavy (non-hydrogen) atoms. The second kappa shape index (κ2) is 6.94. The monoisotopic (exact) mass is 297 g/mol. The average Bonchev–Trinajstić information content (AvgIpc) is 2.28. The summed E-state index contributed by atoms with van der Waals surface area (Å²) in [5.74, 6) is 0. The molecule has 0 aliphatic carbocycles. The SMILES string of the molecule is C=C(Br)CNC(C)(C)COCc1ccccc1. The van der Waals surface area contributed by atoms with Gasteiger partial charge in [0.1, 0.15) is 0 Å². The van der Waals surface area contributed by atoms with Gasteiger partial charge in [-0.15, -0.1) is 0 Å². The molecule has 1 rings (SSSR count). The van der Waals surface area contributed by atoms with Crippen molar-refractivity contribution in [3.05, 3.63) is 47.0 Å². The van der Waals surface area contributed by atoms with Crippen LogP contribution in [0.3, 0.4) is 0 Å². The summed E-state index contributed by atoms with van der Waals surface area (Å²) in [5, 5.41) is 3.37. The lowest BCUT2D eigenvalue weighted by Gasteiger charge is -2.26. The van der Waals surface area contributed by atoms with Crippen LogP contribution in [0.4, 0.5) is 0 Å². The number of hydrogen-bond acceptors (Lipinski definition) is 2. The van der Waals surface area contributed by atoms with Gasteiger partial charge in [0.2, 0.25) is 0 Å². The molecule has 1 aromatic carbocycles. The fraction of sp³-hybridized carbons (Fsp3) is 0.429. The van der Waals surface area contributed by atoms with Crippen molar-refractivity contribution in [1.29, 1.82) is 0 Å². The Hall–Kier alpha value is -0.640. The molecule has 0 unspecified atom stereocenters. The third-order valence-corrected chi connectivity index (χ3v) is 2.61. The Balaban J connectivity index is 2.27. The highest BCUT2D eigenvalue weighted by molar-refractivity contribution is 9.11. The van der Waals surface area contributed by atoms with Crippen molar-refractivity contribution in [3.8, 4) is 0 Å². The minimum absolute atomic E-state index is 0.0501. The lowest BCUT2D eigenvalue weighted by molar-refractivity contribution is 0.0725. The highest BCUT2D eigenvalue weighted by atomic mass is 79.9. The predicted octanol–water partition coefficient (Wildman–Crippen LogP) is 3.48. The Bertz CT molecular complexity index is 348. The molecule has 2 nitrogen and oxygen atoms in total. The summed E-state index contributed by atoms with van der Waals surface area (Å²) in [7, 11) is 0. The van der Waals surface area contributed by atoms with Crippen molar-refractivity contribution in [2.75, 3.05) is 13.2 Å². The smallest absolute Gasteiger partial charge is 0.0717 e. The Labute approximate surface area is 112 Å². The fourth-order valence-corrected chi connectivity index (χ4v) is 1.52. The highest BCUT2D eigenvalue weighted by Gasteiger charge is 2.16. The van der Waals surface area contributed by atoms with Crippen molar-refractivity contribution in [1.82, 2.24) is 5.32 Å². The predicted molar refractivity (Wildman–Crippen MR) is 76.2 cm³/mol. The van der Waals surface area contributed by atoms with E-state index in [4.69, 9.17) is 4.74 Å². The molecule has 94 valence electrons. The normalized spacial score (nSPS) is 11.5. The van der Waals surface area contributed by atoms with Gasteiger partial charge in [0.05, 0.1) is 13.2 Å². The van der Waals surface area contributed by atoms with Gasteiger partial charge in [-0.05, 0) is 19.4 Å². The van der Waals surface area contributed by atoms with E-state index >= 15 is 0 Å². The van der Waals surface area contributed by atoms with E-state index in [-0.39, 0.29) is 5.54 Å². The maximum absolute atomic E-state index is 5.71. The third-order valence-electron chi connectivity index (χ3n) is 2.33. The molecule has 0 radical (unpaired) electrons. The van der Waals surface area contributed by atoms with E-state index in [1.807, 2.05) is 18.2 Å². The second-order valence-corrected chi connectivity index (χ2v) is 5.85. The van der Waals surface area contributed by atoms with Crippen LogP contribution < -0.4 is 5.32 Å². The van der Waals surface area contributed by atoms with Crippen LogP contribution in [-0.2, 0) is 11.3 Å². The third kappa shape index (κ3) is 6.61. The zero-order valence-corrected chi connectivity index (χ0v) is 12.1. The minimum Gasteiger partial charge on any atom is -0.375 e. The van der Waals surface area contributed by atoms with E-state index in [0.29, 0.717) is 13.2 Å². The number of hydrogen-bond donors (Lipinski definition) is 1. The minimum atomic E-state index is -0.0501. The van der Waals surface area contributed by atoms with Crippen LogP contribution in [0.2, 0.25) is 0 Å². The van der Waals surface area contributed by atoms with Gasteiger partial charge in [-0.2, -0.15) is 0 Å². The van der Waals surface area contributed by atoms with Gasteiger partial charge < -0.3 is 10.1 Å². The molecule has 0 aromatic heterocycles. The molecule has 0 spiro atoms. The number of ether oxygens (including phenoxy) is 1. The van der Waals surface area contributed by atoms with Gasteiger partial charge in [-0.3, -0.25) is 0 Å². The van der Waals surface area contributed by atoms with Crippen LogP contribution in [-0.4, -0.2) is 18.7 Å². The molecular weight excluding hydrogens is 278 g/mol. The summed E-state index contributed by atoms with van der Waals surface area (Å²) < 4.78 is 6.66. The average molecular weight is 298 g/mol. The van der Waals surface area contributed by atoms with Crippen LogP contribution in [0.5, 0.6) is 0 Å². The first-order valence-corrected chi connectivity index (χ1v) is 6.49. The molecular formula is C14H20BrNO. The molecule has 0 bridgehead atoms. The van der Waals surface area contributed by atoms with E-state index in [0.717, 1.165) is 11.0 Å². The molecule has 0 atom stereocenters. The molecule has 0 saturated heterocycles. The van der Waals surface area contributed by atoms with E-state index in [2.05, 4.69) is 53.8 Å². The molecule has 0 heterocycles. The van der Waals surface area contributed by atoms with Crippen molar-refractivity contribution in [2.45, 2.75) is 26.0 Å². The molecule has 0 aliphatic heterocycles. The van der Waals surface area contributed by atoms with Crippen molar-refractivity contribution in [2.24, 2.45) is 0 Å². The van der Waals surface area contributed by atoms with Gasteiger partial charge in [0.15, 0.2) is 0 Å². The molecule has 0 fully saturated rings. The standard InChI is InChI=1S/C14H20BrNO/c1-12(15)9-16-14(2,3)11-17-10-13-7-5-4-6-8-13/h4-8,16H,1,9-11H2,2-3H3. The first kappa shape index (κ1) is 14.4. The number of rotatable bonds is 7. The van der Waals surface area contributed by atoms with E-state index in [1.165, 1.54) is 5.56 Å². The Morgan fingerprint density at radius 1 is 1.35 bits per heavy atom. The lowest BCUT2D eigenvalue weighted by atomic mass is 10.1. The molecule has 0 amide bonds. The summed E-state index contributed by atoms with van der Waals surface area (Å²) in [4.78, 5) is 0. The van der Waals surface area contributed by atoms with E-state index in [9.17, 15) is 0 Å². The Morgan fingerprint density at radius 3 is 2.59 bits per heavy atom. The van der Waals surface area contributed by atoms with Gasteiger partial charge in [0, 0.05) is 16.6 Å². The molecule has 0 saturated carbocycles. The largest absolute Gasteiger partial charge is 0.375 e. The van der Waals surface area contributed by atoms with Crippen molar-refractivity contribution in [3.63, 3.8) is 0 Å². The van der Waals surface area contributed by atoms with E-state index in [1.54, 1.807) is 0 Å². The Morgan fingerprint density at radius 2 is 2.00 bits per heavy atom. The van der Waals surface area contributed by atoms with Gasteiger partial charge in [-0.25, -0.2) is 0 Å². The van der Waals surface area contributed by atoms with Gasteiger partial charge >= 0.3 is 0 Å². The summed E-state index contributed by atoms with van der Waals surface area (Å²) in [6.45, 7) is 10.1. The molecule has 3 heteroatoms. The number of benzene rings is 1. The van der Waals surface area contributed by atoms with Crippen molar-refractivity contribution >= 4 is 15.9 Å². The van der Waals surface area contributed by atoms with Crippen LogP contribution in [0.15, 0.2) is 41.4 Å². The lowest BCUT2D eigenvalue weighted by Crippen LogP contribution is -2.44. The summed E-state index contributed by atoms with van der Waals surface area (Å²) >= 11 is 3.33. The molecule has 1 aromatic rings. The maximum atomic E-state index is 5.71. The highest BCUT2D eigenvalue weighted by Crippen LogP contribution is 2.08. The quantitative estimate of drug-likeness (QED) is 0.832. The zero-order chi connectivity index (χ0) is 12.7. The van der Waals surface area contributed by atoms with Crippen LogP contribution in [0, 0.1) is 0 Å². The number of nitrogens with one attached hydrogen (secondary N) is 1. The summed E-state index contributed by atoms with van der Waals surface area (Å²) in [6, 6.07) is 10.2. The first-order chi connectivity index (χ1) is 7.99. The van der Waals surface area contributed by atoms with Crippen molar-refractivity contribution < 1.29 is 4.74 Å². The topological polar surface area (TPSA) is 21.3 Å². The first-order valence-electron chi connectivity index (χ1n) is 5.69. The van der Waals surface area contributed by atoms with Crippen LogP contribution in [0.1, 0.15) is 19.4 Å². The van der Waals surface area contributed by atoms with Gasteiger partial charge in [0.25, 0.3) is 0 Å². The van der Waals surface area contributed by atoms with Crippen LogP contribution in [0.25, 0.3) is 0 Å². The Kier molecular flexibility index (Phi) is 5.89. The maximum Gasteiger partial charge on any atom is 0.0717 e. The van der Waals surface area contributed by atoms with E-state index < -0.39 is 0 Å². The number of halogens is 1. The van der Waals surface area contributed by atoms with Gasteiger partial charge in [-0.1, -0.05) is 52.8 Å². The zero-order valence-electron chi connectivity index (χ0n) is 10.5. The fourth-order valence-electron chi connectivity index (χ4n) is 1.38. The van der Waals surface area contributed by atoms with Crippen LogP contribution >= 0.6 is 15.9 Å². The summed E-state index contributed by atoms with van der Waals surface area (Å²) in [5.41, 5.74) is 1.15.